The summed E-state index contributed by atoms with van der Waals surface area (Å²) in [5.41, 5.74) is 0.263. The number of benzene rings is 1. The lowest BCUT2D eigenvalue weighted by molar-refractivity contribution is -0.00540. The highest BCUT2D eigenvalue weighted by Crippen LogP contribution is 2.26. The molecule has 2 atom stereocenters. The molecule has 174 valence electrons. The zero-order chi connectivity index (χ0) is 23.2. The SMILES string of the molecule is CCN(CCNC(=O)Nc1ccc(N2C[C@@H](C)O[C@@H](C)C2)c(F)c1)C(=O)OC(C)(C)C. The molecule has 9 heteroatoms. The molecule has 1 aromatic carbocycles. The van der Waals surface area contributed by atoms with Crippen LogP contribution in [-0.2, 0) is 9.47 Å². The Balaban J connectivity index is 1.85. The highest BCUT2D eigenvalue weighted by Gasteiger charge is 2.24. The van der Waals surface area contributed by atoms with Gasteiger partial charge in [-0.3, -0.25) is 0 Å². The van der Waals surface area contributed by atoms with Crippen LogP contribution in [0.3, 0.4) is 0 Å². The number of nitrogens with zero attached hydrogens (tertiary/aromatic N) is 2. The molecule has 1 heterocycles. The summed E-state index contributed by atoms with van der Waals surface area (Å²) in [5, 5.41) is 5.30. The van der Waals surface area contributed by atoms with Crippen LogP contribution in [0.4, 0.5) is 25.4 Å². The number of nitrogens with one attached hydrogen (secondary N) is 2. The molecule has 1 saturated heterocycles. The number of hydrogen-bond donors (Lipinski definition) is 2. The number of rotatable bonds is 6. The van der Waals surface area contributed by atoms with E-state index in [-0.39, 0.29) is 18.8 Å². The van der Waals surface area contributed by atoms with Crippen molar-refractivity contribution >= 4 is 23.5 Å². The van der Waals surface area contributed by atoms with Crippen molar-refractivity contribution in [3.05, 3.63) is 24.0 Å². The summed E-state index contributed by atoms with van der Waals surface area (Å²) < 4.78 is 25.7. The Kier molecular flexibility index (Phi) is 8.50. The Morgan fingerprint density at radius 2 is 1.90 bits per heavy atom. The average molecular weight is 439 g/mol. The number of hydrogen-bond acceptors (Lipinski definition) is 5. The fraction of sp³-hybridized carbons (Fsp3) is 0.636. The number of carbonyl (C=O) groups excluding carboxylic acids is 2. The maximum atomic E-state index is 14.7. The van der Waals surface area contributed by atoms with E-state index in [4.69, 9.17) is 9.47 Å². The lowest BCUT2D eigenvalue weighted by atomic mass is 10.2. The second-order valence-corrected chi connectivity index (χ2v) is 8.77. The molecule has 31 heavy (non-hydrogen) atoms. The molecule has 1 aliphatic heterocycles. The van der Waals surface area contributed by atoms with Crippen LogP contribution in [0.5, 0.6) is 0 Å². The number of ether oxygens (including phenoxy) is 2. The van der Waals surface area contributed by atoms with Gasteiger partial charge < -0.3 is 29.9 Å². The van der Waals surface area contributed by atoms with Crippen LogP contribution in [0.1, 0.15) is 41.5 Å². The van der Waals surface area contributed by atoms with Gasteiger partial charge in [0.15, 0.2) is 0 Å². The lowest BCUT2D eigenvalue weighted by Crippen LogP contribution is -2.45. The largest absolute Gasteiger partial charge is 0.444 e. The quantitative estimate of drug-likeness (QED) is 0.706. The molecule has 0 radical (unpaired) electrons. The molecular weight excluding hydrogens is 403 g/mol. The molecule has 8 nitrogen and oxygen atoms in total. The Morgan fingerprint density at radius 3 is 2.45 bits per heavy atom. The third-order valence-corrected chi connectivity index (χ3v) is 4.67. The predicted octanol–water partition coefficient (Wildman–Crippen LogP) is 3.82. The van der Waals surface area contributed by atoms with Crippen molar-refractivity contribution in [2.75, 3.05) is 42.9 Å². The molecule has 0 unspecified atom stereocenters. The zero-order valence-corrected chi connectivity index (χ0v) is 19.3. The monoisotopic (exact) mass is 438 g/mol. The van der Waals surface area contributed by atoms with E-state index in [9.17, 15) is 14.0 Å². The van der Waals surface area contributed by atoms with Gasteiger partial charge in [-0.1, -0.05) is 0 Å². The van der Waals surface area contributed by atoms with Gasteiger partial charge in [0.25, 0.3) is 0 Å². The molecule has 0 bridgehead atoms. The molecule has 0 aliphatic carbocycles. The molecule has 0 spiro atoms. The van der Waals surface area contributed by atoms with Gasteiger partial charge in [-0.05, 0) is 59.7 Å². The van der Waals surface area contributed by atoms with Crippen LogP contribution in [0.25, 0.3) is 0 Å². The molecule has 1 fully saturated rings. The first-order valence-electron chi connectivity index (χ1n) is 10.7. The first-order valence-corrected chi connectivity index (χ1v) is 10.7. The van der Waals surface area contributed by atoms with Crippen LogP contribution in [-0.4, -0.2) is 67.6 Å². The van der Waals surface area contributed by atoms with Crippen LogP contribution < -0.4 is 15.5 Å². The minimum atomic E-state index is -0.581. The van der Waals surface area contributed by atoms with Crippen LogP contribution in [0.15, 0.2) is 18.2 Å². The summed E-state index contributed by atoms with van der Waals surface area (Å²) in [4.78, 5) is 27.7. The third-order valence-electron chi connectivity index (χ3n) is 4.67. The van der Waals surface area contributed by atoms with E-state index in [1.807, 2.05) is 25.7 Å². The summed E-state index contributed by atoms with van der Waals surface area (Å²) in [5.74, 6) is -0.402. The number of morpholine rings is 1. The fourth-order valence-electron chi connectivity index (χ4n) is 3.40. The van der Waals surface area contributed by atoms with Gasteiger partial charge in [-0.15, -0.1) is 0 Å². The highest BCUT2D eigenvalue weighted by molar-refractivity contribution is 5.89. The summed E-state index contributed by atoms with van der Waals surface area (Å²) in [6.45, 7) is 13.4. The first-order chi connectivity index (χ1) is 14.5. The van der Waals surface area contributed by atoms with Gasteiger partial charge >= 0.3 is 12.1 Å². The van der Waals surface area contributed by atoms with E-state index in [1.165, 1.54) is 11.0 Å². The Morgan fingerprint density at radius 1 is 1.26 bits per heavy atom. The minimum Gasteiger partial charge on any atom is -0.444 e. The molecule has 0 saturated carbocycles. The van der Waals surface area contributed by atoms with E-state index in [1.54, 1.807) is 32.9 Å². The van der Waals surface area contributed by atoms with E-state index >= 15 is 0 Å². The molecule has 2 N–H and O–H groups in total. The standard InChI is InChI=1S/C22H35FN4O4/c1-7-26(21(29)31-22(4,5)6)11-10-24-20(28)25-17-8-9-19(18(23)12-17)27-13-15(2)30-16(3)14-27/h8-9,12,15-16H,7,10-11,13-14H2,1-6H3,(H2,24,25,28)/t15-,16+. The summed E-state index contributed by atoms with van der Waals surface area (Å²) in [6, 6.07) is 4.17. The maximum Gasteiger partial charge on any atom is 0.410 e. The number of halogens is 1. The summed E-state index contributed by atoms with van der Waals surface area (Å²) in [6.07, 6.45) is -0.383. The number of carbonyl (C=O) groups is 2. The van der Waals surface area contributed by atoms with Gasteiger partial charge in [-0.2, -0.15) is 0 Å². The van der Waals surface area contributed by atoms with Crippen molar-refractivity contribution in [1.29, 1.82) is 0 Å². The predicted molar refractivity (Wildman–Crippen MR) is 119 cm³/mol. The van der Waals surface area contributed by atoms with Crippen molar-refractivity contribution in [3.8, 4) is 0 Å². The zero-order valence-electron chi connectivity index (χ0n) is 19.3. The fourth-order valence-corrected chi connectivity index (χ4v) is 3.40. The van der Waals surface area contributed by atoms with Crippen molar-refractivity contribution in [2.45, 2.75) is 59.4 Å². The second-order valence-electron chi connectivity index (χ2n) is 8.77. The third kappa shape index (κ3) is 7.90. The van der Waals surface area contributed by atoms with E-state index in [0.29, 0.717) is 37.6 Å². The lowest BCUT2D eigenvalue weighted by Gasteiger charge is -2.37. The number of urea groups is 1. The van der Waals surface area contributed by atoms with Crippen LogP contribution >= 0.6 is 0 Å². The maximum absolute atomic E-state index is 14.7. The van der Waals surface area contributed by atoms with Crippen LogP contribution in [0, 0.1) is 5.82 Å². The summed E-state index contributed by atoms with van der Waals surface area (Å²) >= 11 is 0. The van der Waals surface area contributed by atoms with Gasteiger partial charge in [0, 0.05) is 38.4 Å². The second kappa shape index (κ2) is 10.7. The topological polar surface area (TPSA) is 83.1 Å². The van der Waals surface area contributed by atoms with Crippen molar-refractivity contribution in [3.63, 3.8) is 0 Å². The van der Waals surface area contributed by atoms with Gasteiger partial charge in [0.2, 0.25) is 0 Å². The molecular formula is C22H35FN4O4. The number of anilines is 2. The molecule has 0 aromatic heterocycles. The molecule has 1 aromatic rings. The molecule has 3 amide bonds. The van der Waals surface area contributed by atoms with Crippen molar-refractivity contribution < 1.29 is 23.5 Å². The number of likely N-dealkylation sites (N-methyl/N-ethyl adjacent to an activating group) is 1. The van der Waals surface area contributed by atoms with Crippen molar-refractivity contribution in [1.82, 2.24) is 10.2 Å². The van der Waals surface area contributed by atoms with Crippen LogP contribution in [0.2, 0.25) is 0 Å². The Hall–Kier alpha value is -2.55. The number of amides is 3. The smallest absolute Gasteiger partial charge is 0.410 e. The molecule has 2 rings (SSSR count). The highest BCUT2D eigenvalue weighted by atomic mass is 19.1. The normalized spacial score (nSPS) is 19.0. The van der Waals surface area contributed by atoms with Gasteiger partial charge in [0.1, 0.15) is 11.4 Å². The van der Waals surface area contributed by atoms with Gasteiger partial charge in [-0.25, -0.2) is 14.0 Å². The Bertz CT molecular complexity index is 758. The summed E-state index contributed by atoms with van der Waals surface area (Å²) in [7, 11) is 0. The molecule has 1 aliphatic rings. The Labute approximate surface area is 184 Å². The van der Waals surface area contributed by atoms with E-state index in [0.717, 1.165) is 0 Å². The van der Waals surface area contributed by atoms with Crippen molar-refractivity contribution in [2.24, 2.45) is 0 Å². The van der Waals surface area contributed by atoms with E-state index < -0.39 is 23.5 Å². The first kappa shape index (κ1) is 24.7. The van der Waals surface area contributed by atoms with Gasteiger partial charge in [0.05, 0.1) is 17.9 Å². The average Bonchev–Trinajstić information content (AvgIpc) is 2.63. The van der Waals surface area contributed by atoms with E-state index in [2.05, 4.69) is 10.6 Å². The minimum absolute atomic E-state index is 0.0232.